The topological polar surface area (TPSA) is 101 Å². The van der Waals surface area contributed by atoms with Crippen LogP contribution in [0.1, 0.15) is 33.9 Å². The van der Waals surface area contributed by atoms with Crippen LogP contribution in [-0.2, 0) is 17.7 Å². The third kappa shape index (κ3) is 4.16. The lowest BCUT2D eigenvalue weighted by molar-refractivity contribution is 0.190. The lowest BCUT2D eigenvalue weighted by atomic mass is 9.78. The zero-order valence-electron chi connectivity index (χ0n) is 16.1. The Hall–Kier alpha value is -3.16. The molecular formula is C22H22BN3O3. The fourth-order valence-electron chi connectivity index (χ4n) is 3.55. The van der Waals surface area contributed by atoms with Crippen molar-refractivity contribution in [2.75, 3.05) is 0 Å². The molecule has 1 aliphatic rings. The predicted octanol–water partition coefficient (Wildman–Crippen LogP) is 2.25. The smallest absolute Gasteiger partial charge is 0.488 e. The SMILES string of the molecule is Cc1ccc2c(c1)C(Cc1ccc(C(=N)N)c(OCc3cccnc3)c1)OB2O. The lowest BCUT2D eigenvalue weighted by Gasteiger charge is -2.16. The van der Waals surface area contributed by atoms with Crippen LogP contribution in [0.2, 0.25) is 0 Å². The Morgan fingerprint density at radius 3 is 2.86 bits per heavy atom. The first-order chi connectivity index (χ1) is 14.0. The van der Waals surface area contributed by atoms with Gasteiger partial charge in [0.1, 0.15) is 18.2 Å². The van der Waals surface area contributed by atoms with Crippen molar-refractivity contribution in [1.82, 2.24) is 4.98 Å². The Morgan fingerprint density at radius 1 is 1.24 bits per heavy atom. The standard InChI is InChI=1S/C22H22BN3O3/c1-14-4-7-19-18(9-14)21(29-23(19)27)11-15-5-6-17(22(24)25)20(10-15)28-13-16-3-2-8-26-12-16/h2-10,12,21,27H,11,13H2,1H3,(H3,24,25). The number of nitrogen functional groups attached to an aromatic ring is 1. The molecule has 1 aliphatic heterocycles. The van der Waals surface area contributed by atoms with Crippen LogP contribution in [0.25, 0.3) is 0 Å². The van der Waals surface area contributed by atoms with Crippen LogP contribution >= 0.6 is 0 Å². The van der Waals surface area contributed by atoms with E-state index in [1.54, 1.807) is 18.5 Å². The number of benzene rings is 2. The summed E-state index contributed by atoms with van der Waals surface area (Å²) in [5.74, 6) is 0.494. The van der Waals surface area contributed by atoms with Gasteiger partial charge in [0.15, 0.2) is 0 Å². The van der Waals surface area contributed by atoms with Crippen molar-refractivity contribution in [1.29, 1.82) is 5.41 Å². The van der Waals surface area contributed by atoms with Gasteiger partial charge in [-0.2, -0.15) is 0 Å². The molecule has 2 heterocycles. The average molecular weight is 387 g/mol. The zero-order valence-corrected chi connectivity index (χ0v) is 16.1. The van der Waals surface area contributed by atoms with E-state index in [1.807, 2.05) is 43.3 Å². The van der Waals surface area contributed by atoms with E-state index in [1.165, 1.54) is 0 Å². The first-order valence-electron chi connectivity index (χ1n) is 9.44. The molecule has 4 N–H and O–H groups in total. The van der Waals surface area contributed by atoms with E-state index in [2.05, 4.69) is 11.1 Å². The molecule has 29 heavy (non-hydrogen) atoms. The molecule has 0 fully saturated rings. The number of hydrogen-bond donors (Lipinski definition) is 3. The van der Waals surface area contributed by atoms with Gasteiger partial charge in [-0.25, -0.2) is 0 Å². The van der Waals surface area contributed by atoms with Crippen molar-refractivity contribution in [3.05, 3.63) is 88.7 Å². The summed E-state index contributed by atoms with van der Waals surface area (Å²) in [6, 6.07) is 15.3. The molecule has 1 atom stereocenters. The molecule has 0 radical (unpaired) electrons. The first-order valence-corrected chi connectivity index (χ1v) is 9.44. The normalized spacial score (nSPS) is 15.2. The van der Waals surface area contributed by atoms with Gasteiger partial charge in [-0.05, 0) is 41.7 Å². The third-order valence-corrected chi connectivity index (χ3v) is 5.02. The molecule has 0 bridgehead atoms. The number of aryl methyl sites for hydroxylation is 1. The molecule has 0 aliphatic carbocycles. The molecule has 4 rings (SSSR count). The summed E-state index contributed by atoms with van der Waals surface area (Å²) < 4.78 is 11.7. The van der Waals surface area contributed by atoms with Gasteiger partial charge >= 0.3 is 7.12 Å². The number of rotatable bonds is 6. The van der Waals surface area contributed by atoms with E-state index in [9.17, 15) is 5.02 Å². The fraction of sp³-hybridized carbons (Fsp3) is 0.182. The Bertz CT molecular complexity index is 1040. The fourth-order valence-corrected chi connectivity index (χ4v) is 3.55. The van der Waals surface area contributed by atoms with Crippen molar-refractivity contribution in [3.8, 4) is 5.75 Å². The molecule has 0 amide bonds. The summed E-state index contributed by atoms with van der Waals surface area (Å²) in [6.45, 7) is 2.35. The van der Waals surface area contributed by atoms with Crippen LogP contribution in [0.15, 0.2) is 60.9 Å². The van der Waals surface area contributed by atoms with Crippen molar-refractivity contribution >= 4 is 18.4 Å². The number of nitrogens with two attached hydrogens (primary N) is 1. The van der Waals surface area contributed by atoms with Crippen LogP contribution in [0, 0.1) is 12.3 Å². The number of hydrogen-bond acceptors (Lipinski definition) is 5. The zero-order chi connectivity index (χ0) is 20.4. The van der Waals surface area contributed by atoms with Crippen LogP contribution < -0.4 is 15.9 Å². The number of aromatic nitrogens is 1. The maximum atomic E-state index is 10.2. The van der Waals surface area contributed by atoms with Gasteiger partial charge in [0.05, 0.1) is 11.7 Å². The molecule has 7 heteroatoms. The highest BCUT2D eigenvalue weighted by Crippen LogP contribution is 2.30. The summed E-state index contributed by atoms with van der Waals surface area (Å²) in [5.41, 5.74) is 11.1. The van der Waals surface area contributed by atoms with E-state index >= 15 is 0 Å². The van der Waals surface area contributed by atoms with Gasteiger partial charge < -0.3 is 20.1 Å². The van der Waals surface area contributed by atoms with E-state index in [-0.39, 0.29) is 11.9 Å². The Morgan fingerprint density at radius 2 is 2.10 bits per heavy atom. The van der Waals surface area contributed by atoms with E-state index < -0.39 is 7.12 Å². The molecular weight excluding hydrogens is 365 g/mol. The van der Waals surface area contributed by atoms with Crippen molar-refractivity contribution in [2.24, 2.45) is 5.73 Å². The minimum Gasteiger partial charge on any atom is -0.488 e. The highest BCUT2D eigenvalue weighted by Gasteiger charge is 2.35. The molecule has 1 unspecified atom stereocenters. The van der Waals surface area contributed by atoms with E-state index in [0.29, 0.717) is 24.3 Å². The largest absolute Gasteiger partial charge is 0.491 e. The molecule has 1 aromatic heterocycles. The number of fused-ring (bicyclic) bond motifs is 1. The van der Waals surface area contributed by atoms with Crippen LogP contribution in [0.3, 0.4) is 0 Å². The monoisotopic (exact) mass is 387 g/mol. The summed E-state index contributed by atoms with van der Waals surface area (Å²) >= 11 is 0. The van der Waals surface area contributed by atoms with Crippen molar-refractivity contribution < 1.29 is 14.4 Å². The van der Waals surface area contributed by atoms with Gasteiger partial charge in [-0.3, -0.25) is 10.4 Å². The Kier molecular flexibility index (Phi) is 5.33. The maximum Gasteiger partial charge on any atom is 0.491 e. The maximum absolute atomic E-state index is 10.2. The Labute approximate surface area is 170 Å². The third-order valence-electron chi connectivity index (χ3n) is 5.02. The minimum atomic E-state index is -0.909. The second-order valence-electron chi connectivity index (χ2n) is 7.21. The minimum absolute atomic E-state index is 0.0498. The van der Waals surface area contributed by atoms with Crippen LogP contribution in [0.4, 0.5) is 0 Å². The second-order valence-corrected chi connectivity index (χ2v) is 7.21. The molecule has 6 nitrogen and oxygen atoms in total. The summed E-state index contributed by atoms with van der Waals surface area (Å²) in [7, 11) is -0.909. The summed E-state index contributed by atoms with van der Waals surface area (Å²) in [4.78, 5) is 4.09. The number of nitrogens with zero attached hydrogens (tertiary/aromatic N) is 1. The molecule has 2 aromatic carbocycles. The molecule has 3 aromatic rings. The van der Waals surface area contributed by atoms with Crippen LogP contribution in [0.5, 0.6) is 5.75 Å². The van der Waals surface area contributed by atoms with Crippen molar-refractivity contribution in [2.45, 2.75) is 26.1 Å². The van der Waals surface area contributed by atoms with Gasteiger partial charge in [0.2, 0.25) is 0 Å². The lowest BCUT2D eigenvalue weighted by Crippen LogP contribution is -2.27. The van der Waals surface area contributed by atoms with E-state index in [4.69, 9.17) is 20.5 Å². The quantitative estimate of drug-likeness (QED) is 0.342. The van der Waals surface area contributed by atoms with E-state index in [0.717, 1.165) is 27.7 Å². The van der Waals surface area contributed by atoms with Crippen LogP contribution in [-0.4, -0.2) is 23.0 Å². The predicted molar refractivity (Wildman–Crippen MR) is 112 cm³/mol. The number of pyridine rings is 1. The summed E-state index contributed by atoms with van der Waals surface area (Å²) in [6.07, 6.45) is 3.79. The second kappa shape index (κ2) is 8.07. The number of ether oxygens (including phenoxy) is 1. The average Bonchev–Trinajstić information content (AvgIpc) is 3.01. The number of nitrogens with one attached hydrogen (secondary N) is 1. The molecule has 0 saturated carbocycles. The van der Waals surface area contributed by atoms with Gasteiger partial charge in [-0.15, -0.1) is 0 Å². The Balaban J connectivity index is 1.57. The van der Waals surface area contributed by atoms with Crippen molar-refractivity contribution in [3.63, 3.8) is 0 Å². The molecule has 146 valence electrons. The number of amidine groups is 1. The van der Waals surface area contributed by atoms with Gasteiger partial charge in [0, 0.05) is 24.4 Å². The molecule has 0 spiro atoms. The first kappa shape index (κ1) is 19.2. The highest BCUT2D eigenvalue weighted by atomic mass is 16.5. The van der Waals surface area contributed by atoms with Gasteiger partial charge in [-0.1, -0.05) is 35.9 Å². The molecule has 0 saturated heterocycles. The highest BCUT2D eigenvalue weighted by molar-refractivity contribution is 6.61. The summed E-state index contributed by atoms with van der Waals surface area (Å²) in [5, 5.41) is 18.0. The van der Waals surface area contributed by atoms with Gasteiger partial charge in [0.25, 0.3) is 0 Å².